The van der Waals surface area contributed by atoms with Crippen LogP contribution in [0, 0.1) is 0 Å². The molecule has 2 rings (SSSR count). The highest BCUT2D eigenvalue weighted by molar-refractivity contribution is 8.00. The zero-order valence-electron chi connectivity index (χ0n) is 8.92. The Bertz CT molecular complexity index is 290. The quantitative estimate of drug-likeness (QED) is 0.731. The molecule has 2 aliphatic rings. The molecule has 2 heterocycles. The summed E-state index contributed by atoms with van der Waals surface area (Å²) in [6, 6.07) is 0.109. The summed E-state index contributed by atoms with van der Waals surface area (Å²) in [4.78, 5) is 26.4. The van der Waals surface area contributed by atoms with Crippen LogP contribution in [-0.4, -0.2) is 58.9 Å². The molecule has 0 spiro atoms. The zero-order valence-corrected chi connectivity index (χ0v) is 10.6. The molecule has 2 amide bonds. The molecular formula is C9H16ClN3O2S. The van der Waals surface area contributed by atoms with Crippen molar-refractivity contribution in [3.63, 3.8) is 0 Å². The van der Waals surface area contributed by atoms with Gasteiger partial charge < -0.3 is 15.5 Å². The van der Waals surface area contributed by atoms with Crippen LogP contribution in [0.3, 0.4) is 0 Å². The summed E-state index contributed by atoms with van der Waals surface area (Å²) in [5.41, 5.74) is 5.72. The second kappa shape index (κ2) is 5.75. The van der Waals surface area contributed by atoms with Crippen LogP contribution in [0.25, 0.3) is 0 Å². The lowest BCUT2D eigenvalue weighted by Crippen LogP contribution is -2.40. The van der Waals surface area contributed by atoms with Gasteiger partial charge in [-0.25, -0.2) is 0 Å². The van der Waals surface area contributed by atoms with Gasteiger partial charge in [0.05, 0.1) is 11.6 Å². The summed E-state index contributed by atoms with van der Waals surface area (Å²) in [6.45, 7) is 1.59. The van der Waals surface area contributed by atoms with Crippen molar-refractivity contribution < 1.29 is 9.59 Å². The molecule has 16 heavy (non-hydrogen) atoms. The molecule has 0 aliphatic carbocycles. The minimum absolute atomic E-state index is 0. The molecule has 0 radical (unpaired) electrons. The Kier molecular flexibility index (Phi) is 4.89. The average molecular weight is 266 g/mol. The van der Waals surface area contributed by atoms with Crippen LogP contribution in [0.5, 0.6) is 0 Å². The number of amides is 2. The number of halogens is 1. The Labute approximate surface area is 105 Å². The smallest absolute Gasteiger partial charge is 0.242 e. The maximum atomic E-state index is 11.8. The van der Waals surface area contributed by atoms with E-state index < -0.39 is 0 Å². The molecule has 2 aliphatic heterocycles. The van der Waals surface area contributed by atoms with Crippen LogP contribution >= 0.6 is 24.2 Å². The van der Waals surface area contributed by atoms with Gasteiger partial charge in [-0.3, -0.25) is 9.59 Å². The highest BCUT2D eigenvalue weighted by Gasteiger charge is 2.28. The van der Waals surface area contributed by atoms with Crippen LogP contribution in [0.4, 0.5) is 0 Å². The van der Waals surface area contributed by atoms with E-state index in [-0.39, 0.29) is 36.8 Å². The standard InChI is InChI=1S/C9H15N3O2S.ClH/c10-7-1-2-11(3-7)8(13)4-12-6-15-5-9(12)14;/h7H,1-6,10H2;1H. The predicted octanol–water partition coefficient (Wildman–Crippen LogP) is -0.499. The van der Waals surface area contributed by atoms with E-state index in [1.807, 2.05) is 0 Å². The Morgan fingerprint density at radius 2 is 2.31 bits per heavy atom. The summed E-state index contributed by atoms with van der Waals surface area (Å²) in [6.07, 6.45) is 0.869. The van der Waals surface area contributed by atoms with E-state index in [1.54, 1.807) is 21.6 Å². The first kappa shape index (κ1) is 13.6. The molecule has 0 aromatic carbocycles. The molecule has 0 aromatic heterocycles. The molecule has 1 unspecified atom stereocenters. The first-order valence-corrected chi connectivity index (χ1v) is 6.21. The molecule has 7 heteroatoms. The van der Waals surface area contributed by atoms with Gasteiger partial charge in [-0.15, -0.1) is 24.2 Å². The molecule has 2 fully saturated rings. The van der Waals surface area contributed by atoms with E-state index in [2.05, 4.69) is 0 Å². The first-order valence-electron chi connectivity index (χ1n) is 5.05. The van der Waals surface area contributed by atoms with Crippen LogP contribution in [0.2, 0.25) is 0 Å². The van der Waals surface area contributed by atoms with E-state index in [0.717, 1.165) is 13.0 Å². The van der Waals surface area contributed by atoms with Gasteiger partial charge in [0.1, 0.15) is 6.54 Å². The molecule has 1 atom stereocenters. The summed E-state index contributed by atoms with van der Waals surface area (Å²) in [5, 5.41) is 0. The van der Waals surface area contributed by atoms with Gasteiger partial charge in [0.15, 0.2) is 0 Å². The number of nitrogens with two attached hydrogens (primary N) is 1. The number of hydrogen-bond acceptors (Lipinski definition) is 4. The van der Waals surface area contributed by atoms with E-state index >= 15 is 0 Å². The van der Waals surface area contributed by atoms with Gasteiger partial charge in [-0.05, 0) is 6.42 Å². The summed E-state index contributed by atoms with van der Waals surface area (Å²) in [5.74, 6) is 1.24. The van der Waals surface area contributed by atoms with Crippen LogP contribution in [0.1, 0.15) is 6.42 Å². The van der Waals surface area contributed by atoms with Gasteiger partial charge in [0.25, 0.3) is 0 Å². The Morgan fingerprint density at radius 1 is 1.56 bits per heavy atom. The fourth-order valence-corrected chi connectivity index (χ4v) is 2.72. The third kappa shape index (κ3) is 3.02. The van der Waals surface area contributed by atoms with Crippen LogP contribution in [-0.2, 0) is 9.59 Å². The lowest BCUT2D eigenvalue weighted by molar-refractivity contribution is -0.137. The van der Waals surface area contributed by atoms with Gasteiger partial charge in [-0.2, -0.15) is 0 Å². The molecule has 0 bridgehead atoms. The van der Waals surface area contributed by atoms with Crippen molar-refractivity contribution in [2.45, 2.75) is 12.5 Å². The zero-order chi connectivity index (χ0) is 10.8. The molecular weight excluding hydrogens is 250 g/mol. The van der Waals surface area contributed by atoms with Crippen LogP contribution < -0.4 is 5.73 Å². The average Bonchev–Trinajstić information content (AvgIpc) is 2.77. The topological polar surface area (TPSA) is 66.6 Å². The SMILES string of the molecule is Cl.NC1CCN(C(=O)CN2CSCC2=O)C1. The minimum atomic E-state index is 0. The second-order valence-corrected chi connectivity index (χ2v) is 4.91. The van der Waals surface area contributed by atoms with Gasteiger partial charge in [0, 0.05) is 19.1 Å². The number of likely N-dealkylation sites (tertiary alicyclic amines) is 1. The molecule has 92 valence electrons. The lowest BCUT2D eigenvalue weighted by Gasteiger charge is -2.20. The number of rotatable bonds is 2. The van der Waals surface area contributed by atoms with Crippen LogP contribution in [0.15, 0.2) is 0 Å². The number of carbonyl (C=O) groups excluding carboxylic acids is 2. The number of hydrogen-bond donors (Lipinski definition) is 1. The highest BCUT2D eigenvalue weighted by atomic mass is 35.5. The van der Waals surface area contributed by atoms with Crippen molar-refractivity contribution in [3.8, 4) is 0 Å². The molecule has 2 N–H and O–H groups in total. The summed E-state index contributed by atoms with van der Waals surface area (Å²) in [7, 11) is 0. The maximum Gasteiger partial charge on any atom is 0.242 e. The Morgan fingerprint density at radius 3 is 2.81 bits per heavy atom. The highest BCUT2D eigenvalue weighted by Crippen LogP contribution is 2.15. The van der Waals surface area contributed by atoms with Gasteiger partial charge in [-0.1, -0.05) is 0 Å². The van der Waals surface area contributed by atoms with Crippen molar-refractivity contribution in [2.24, 2.45) is 5.73 Å². The van der Waals surface area contributed by atoms with E-state index in [4.69, 9.17) is 5.73 Å². The fourth-order valence-electron chi connectivity index (χ4n) is 1.82. The third-order valence-electron chi connectivity index (χ3n) is 2.73. The van der Waals surface area contributed by atoms with Crippen molar-refractivity contribution >= 4 is 36.0 Å². The predicted molar refractivity (Wildman–Crippen MR) is 65.5 cm³/mol. The Hall–Kier alpha value is -0.460. The number of nitrogens with zero attached hydrogens (tertiary/aromatic N) is 2. The van der Waals surface area contributed by atoms with E-state index in [9.17, 15) is 9.59 Å². The largest absolute Gasteiger partial charge is 0.340 e. The van der Waals surface area contributed by atoms with Crippen molar-refractivity contribution in [3.05, 3.63) is 0 Å². The van der Waals surface area contributed by atoms with Gasteiger partial charge >= 0.3 is 0 Å². The normalized spacial score (nSPS) is 24.8. The van der Waals surface area contributed by atoms with Gasteiger partial charge in [0.2, 0.25) is 11.8 Å². The molecule has 2 saturated heterocycles. The Balaban J connectivity index is 0.00000128. The monoisotopic (exact) mass is 265 g/mol. The lowest BCUT2D eigenvalue weighted by atomic mass is 10.3. The van der Waals surface area contributed by atoms with E-state index in [0.29, 0.717) is 18.2 Å². The van der Waals surface area contributed by atoms with Crippen molar-refractivity contribution in [1.82, 2.24) is 9.80 Å². The third-order valence-corrected chi connectivity index (χ3v) is 3.67. The fraction of sp³-hybridized carbons (Fsp3) is 0.778. The number of carbonyl (C=O) groups is 2. The number of thioether (sulfide) groups is 1. The molecule has 5 nitrogen and oxygen atoms in total. The maximum absolute atomic E-state index is 11.8. The van der Waals surface area contributed by atoms with Crippen molar-refractivity contribution in [2.75, 3.05) is 31.3 Å². The molecule has 0 aromatic rings. The van der Waals surface area contributed by atoms with E-state index in [1.165, 1.54) is 0 Å². The summed E-state index contributed by atoms with van der Waals surface area (Å²) < 4.78 is 0. The molecule has 0 saturated carbocycles. The van der Waals surface area contributed by atoms with Crippen molar-refractivity contribution in [1.29, 1.82) is 0 Å². The summed E-state index contributed by atoms with van der Waals surface area (Å²) >= 11 is 1.56. The first-order chi connectivity index (χ1) is 7.16. The minimum Gasteiger partial charge on any atom is -0.340 e. The second-order valence-electron chi connectivity index (χ2n) is 3.96.